The van der Waals surface area contributed by atoms with Crippen molar-refractivity contribution in [3.05, 3.63) is 58.1 Å². The molecule has 1 atom stereocenters. The molecule has 2 aromatic carbocycles. The monoisotopic (exact) mass is 541 g/mol. The lowest BCUT2D eigenvalue weighted by Gasteiger charge is -2.23. The molecule has 1 unspecified atom stereocenters. The predicted octanol–water partition coefficient (Wildman–Crippen LogP) is 5.72. The van der Waals surface area contributed by atoms with Gasteiger partial charge in [-0.25, -0.2) is 9.59 Å². The minimum Gasteiger partial charge on any atom is -0.493 e. The smallest absolute Gasteiger partial charge is 0.410 e. The summed E-state index contributed by atoms with van der Waals surface area (Å²) in [5, 5.41) is 10.2. The molecule has 0 aromatic heterocycles. The number of carboxylic acid groups (broad SMARTS) is 1. The largest absolute Gasteiger partial charge is 0.493 e. The van der Waals surface area contributed by atoms with Crippen LogP contribution in [-0.2, 0) is 20.7 Å². The molecule has 1 N–H and O–H groups in total. The van der Waals surface area contributed by atoms with Gasteiger partial charge in [0.1, 0.15) is 18.1 Å². The number of carbonyl (C=O) groups is 2. The third kappa shape index (κ3) is 10.9. The van der Waals surface area contributed by atoms with E-state index in [-0.39, 0.29) is 19.1 Å². The van der Waals surface area contributed by atoms with E-state index in [4.69, 9.17) is 42.1 Å². The van der Waals surface area contributed by atoms with E-state index >= 15 is 0 Å². The molecule has 0 bridgehead atoms. The molecule has 0 aliphatic carbocycles. The Kier molecular flexibility index (Phi) is 12.7. The summed E-state index contributed by atoms with van der Waals surface area (Å²) in [6.45, 7) is 7.03. The SMILES string of the molecule is CCOC(Cc1ccc(OCCN(CCCOc2cc(Cl)cc(Cl)c2)C(=O)OC(C)C)cc1)C(=O)O. The number of carbonyl (C=O) groups excluding carboxylic acids is 1. The number of benzene rings is 2. The molecule has 2 aromatic rings. The molecule has 0 spiro atoms. The number of ether oxygens (including phenoxy) is 4. The zero-order valence-electron chi connectivity index (χ0n) is 20.7. The molecule has 0 saturated heterocycles. The molecule has 0 radical (unpaired) electrons. The van der Waals surface area contributed by atoms with Gasteiger partial charge in [0, 0.05) is 29.6 Å². The Hall–Kier alpha value is -2.68. The van der Waals surface area contributed by atoms with Crippen LogP contribution in [0.25, 0.3) is 0 Å². The summed E-state index contributed by atoms with van der Waals surface area (Å²) in [6, 6.07) is 12.1. The van der Waals surface area contributed by atoms with Crippen molar-refractivity contribution in [2.24, 2.45) is 0 Å². The second-order valence-electron chi connectivity index (χ2n) is 8.21. The first-order valence-corrected chi connectivity index (χ1v) is 12.5. The third-order valence-electron chi connectivity index (χ3n) is 4.89. The lowest BCUT2D eigenvalue weighted by Crippen LogP contribution is -2.37. The first-order valence-electron chi connectivity index (χ1n) is 11.8. The molecule has 0 aliphatic rings. The lowest BCUT2D eigenvalue weighted by atomic mass is 10.1. The first-order chi connectivity index (χ1) is 17.2. The molecule has 8 nitrogen and oxygen atoms in total. The molecule has 0 heterocycles. The third-order valence-corrected chi connectivity index (χ3v) is 5.33. The van der Waals surface area contributed by atoms with Crippen LogP contribution in [0.15, 0.2) is 42.5 Å². The molecular formula is C26H33Cl2NO7. The summed E-state index contributed by atoms with van der Waals surface area (Å²) in [7, 11) is 0. The number of halogens is 2. The van der Waals surface area contributed by atoms with Crippen molar-refractivity contribution in [3.8, 4) is 11.5 Å². The van der Waals surface area contributed by atoms with E-state index in [1.54, 1.807) is 68.1 Å². The normalized spacial score (nSPS) is 11.7. The second-order valence-corrected chi connectivity index (χ2v) is 9.08. The van der Waals surface area contributed by atoms with Crippen molar-refractivity contribution in [2.75, 3.05) is 32.9 Å². The zero-order valence-corrected chi connectivity index (χ0v) is 22.3. The molecule has 10 heteroatoms. The van der Waals surface area contributed by atoms with Crippen LogP contribution < -0.4 is 9.47 Å². The average Bonchev–Trinajstić information content (AvgIpc) is 2.80. The number of aliphatic carboxylic acids is 1. The molecule has 198 valence electrons. The Labute approximate surface area is 222 Å². The molecule has 0 saturated carbocycles. The predicted molar refractivity (Wildman–Crippen MR) is 138 cm³/mol. The minimum absolute atomic E-state index is 0.246. The van der Waals surface area contributed by atoms with E-state index in [2.05, 4.69) is 0 Å². The van der Waals surface area contributed by atoms with Crippen molar-refractivity contribution in [3.63, 3.8) is 0 Å². The standard InChI is InChI=1S/C26H33Cl2NO7/c1-4-33-24(25(30)31)14-19-6-8-22(9-7-19)35-13-11-29(26(32)36-18(2)3)10-5-12-34-23-16-20(27)15-21(28)17-23/h6-9,15-18,24H,4-5,10-14H2,1-3H3,(H,30,31). The van der Waals surface area contributed by atoms with Gasteiger partial charge < -0.3 is 29.0 Å². The van der Waals surface area contributed by atoms with Gasteiger partial charge >= 0.3 is 12.1 Å². The van der Waals surface area contributed by atoms with Gasteiger partial charge in [0.2, 0.25) is 0 Å². The second kappa shape index (κ2) is 15.4. The van der Waals surface area contributed by atoms with Gasteiger partial charge in [0.05, 0.1) is 19.3 Å². The number of nitrogens with zero attached hydrogens (tertiary/aromatic N) is 1. The number of hydrogen-bond donors (Lipinski definition) is 1. The Morgan fingerprint density at radius 1 is 0.944 bits per heavy atom. The Bertz CT molecular complexity index is 949. The molecule has 1 amide bonds. The van der Waals surface area contributed by atoms with E-state index in [1.807, 2.05) is 0 Å². The Balaban J connectivity index is 1.85. The maximum atomic E-state index is 12.5. The van der Waals surface area contributed by atoms with Crippen molar-refractivity contribution in [1.29, 1.82) is 0 Å². The fraction of sp³-hybridized carbons (Fsp3) is 0.462. The van der Waals surface area contributed by atoms with Crippen LogP contribution in [0.5, 0.6) is 11.5 Å². The van der Waals surface area contributed by atoms with Crippen molar-refractivity contribution in [1.82, 2.24) is 4.90 Å². The number of carboxylic acids is 1. The van der Waals surface area contributed by atoms with Gasteiger partial charge in [-0.1, -0.05) is 35.3 Å². The van der Waals surface area contributed by atoms with Crippen LogP contribution in [0.4, 0.5) is 4.79 Å². The van der Waals surface area contributed by atoms with Crippen molar-refractivity contribution in [2.45, 2.75) is 45.8 Å². The van der Waals surface area contributed by atoms with Crippen LogP contribution in [0, 0.1) is 0 Å². The minimum atomic E-state index is -0.993. The van der Waals surface area contributed by atoms with Crippen LogP contribution in [0.1, 0.15) is 32.8 Å². The molecule has 2 rings (SSSR count). The maximum absolute atomic E-state index is 12.5. The van der Waals surface area contributed by atoms with Crippen LogP contribution in [-0.4, -0.2) is 67.2 Å². The number of rotatable bonds is 15. The van der Waals surface area contributed by atoms with E-state index < -0.39 is 18.2 Å². The van der Waals surface area contributed by atoms with Gasteiger partial charge in [0.15, 0.2) is 6.10 Å². The van der Waals surface area contributed by atoms with E-state index in [1.165, 1.54) is 0 Å². The van der Waals surface area contributed by atoms with Crippen LogP contribution >= 0.6 is 23.2 Å². The van der Waals surface area contributed by atoms with Crippen LogP contribution in [0.3, 0.4) is 0 Å². The summed E-state index contributed by atoms with van der Waals surface area (Å²) in [5.74, 6) is 0.180. The summed E-state index contributed by atoms with van der Waals surface area (Å²) in [6.07, 6.45) is -0.727. The van der Waals surface area contributed by atoms with Crippen molar-refractivity contribution >= 4 is 35.3 Å². The molecule has 0 fully saturated rings. The fourth-order valence-corrected chi connectivity index (χ4v) is 3.76. The highest BCUT2D eigenvalue weighted by molar-refractivity contribution is 6.34. The zero-order chi connectivity index (χ0) is 26.5. The van der Waals surface area contributed by atoms with Gasteiger partial charge in [-0.05, 0) is 63.1 Å². The first kappa shape index (κ1) is 29.5. The quantitative estimate of drug-likeness (QED) is 0.288. The van der Waals surface area contributed by atoms with Gasteiger partial charge in [-0.15, -0.1) is 0 Å². The maximum Gasteiger partial charge on any atom is 0.410 e. The highest BCUT2D eigenvalue weighted by atomic mass is 35.5. The van der Waals surface area contributed by atoms with E-state index in [0.29, 0.717) is 54.3 Å². The van der Waals surface area contributed by atoms with Gasteiger partial charge in [-0.2, -0.15) is 0 Å². The fourth-order valence-electron chi connectivity index (χ4n) is 3.26. The van der Waals surface area contributed by atoms with Gasteiger partial charge in [-0.3, -0.25) is 0 Å². The lowest BCUT2D eigenvalue weighted by molar-refractivity contribution is -0.149. The Morgan fingerprint density at radius 3 is 2.17 bits per heavy atom. The topological polar surface area (TPSA) is 94.5 Å². The summed E-state index contributed by atoms with van der Waals surface area (Å²) in [5.41, 5.74) is 0.825. The Morgan fingerprint density at radius 2 is 1.58 bits per heavy atom. The summed E-state index contributed by atoms with van der Waals surface area (Å²) in [4.78, 5) is 25.4. The molecular weight excluding hydrogens is 509 g/mol. The van der Waals surface area contributed by atoms with E-state index in [9.17, 15) is 14.7 Å². The van der Waals surface area contributed by atoms with Crippen LogP contribution in [0.2, 0.25) is 10.0 Å². The summed E-state index contributed by atoms with van der Waals surface area (Å²) >= 11 is 12.0. The average molecular weight is 542 g/mol. The summed E-state index contributed by atoms with van der Waals surface area (Å²) < 4.78 is 22.1. The van der Waals surface area contributed by atoms with E-state index in [0.717, 1.165) is 5.56 Å². The number of hydrogen-bond acceptors (Lipinski definition) is 6. The molecule has 0 aliphatic heterocycles. The highest BCUT2D eigenvalue weighted by Gasteiger charge is 2.18. The van der Waals surface area contributed by atoms with Gasteiger partial charge in [0.25, 0.3) is 0 Å². The molecule has 36 heavy (non-hydrogen) atoms. The highest BCUT2D eigenvalue weighted by Crippen LogP contribution is 2.24. The van der Waals surface area contributed by atoms with Crippen molar-refractivity contribution < 1.29 is 33.6 Å². The number of amides is 1.